The Morgan fingerprint density at radius 1 is 1.07 bits per heavy atom. The highest BCUT2D eigenvalue weighted by Gasteiger charge is 2.23. The minimum Gasteiger partial charge on any atom is -0.381 e. The van der Waals surface area contributed by atoms with Gasteiger partial charge in [0.25, 0.3) is 0 Å². The van der Waals surface area contributed by atoms with Gasteiger partial charge in [-0.15, -0.1) is 0 Å². The maximum Gasteiger partial charge on any atom is 0.329 e. The normalized spacial score (nSPS) is 15.5. The van der Waals surface area contributed by atoms with Gasteiger partial charge >= 0.3 is 5.69 Å². The van der Waals surface area contributed by atoms with Gasteiger partial charge in [0, 0.05) is 43.4 Å². The highest BCUT2D eigenvalue weighted by atomic mass is 19.1. The summed E-state index contributed by atoms with van der Waals surface area (Å²) >= 11 is 0. The zero-order valence-corrected chi connectivity index (χ0v) is 15.4. The SMILES string of the molecule is Cn1c(=O)n(C2CCOCC2)c2c3cc(-c4ccc(F)nc4)ccc3ncc21. The van der Waals surface area contributed by atoms with Crippen molar-refractivity contribution in [3.8, 4) is 11.1 Å². The number of imidazole rings is 1. The van der Waals surface area contributed by atoms with Gasteiger partial charge in [-0.3, -0.25) is 14.1 Å². The average Bonchev–Trinajstić information content (AvgIpc) is 3.00. The molecule has 0 N–H and O–H groups in total. The number of ether oxygens (including phenoxy) is 1. The van der Waals surface area contributed by atoms with Gasteiger partial charge in [0.05, 0.1) is 22.7 Å². The second-order valence-electron chi connectivity index (χ2n) is 7.15. The van der Waals surface area contributed by atoms with Gasteiger partial charge in [0.2, 0.25) is 5.95 Å². The summed E-state index contributed by atoms with van der Waals surface area (Å²) < 4.78 is 22.2. The van der Waals surface area contributed by atoms with Gasteiger partial charge in [-0.25, -0.2) is 9.78 Å². The van der Waals surface area contributed by atoms with Crippen LogP contribution in [0.15, 0.2) is 47.5 Å². The molecule has 7 heteroatoms. The predicted molar refractivity (Wildman–Crippen MR) is 105 cm³/mol. The van der Waals surface area contributed by atoms with Crippen molar-refractivity contribution in [3.05, 3.63) is 59.2 Å². The van der Waals surface area contributed by atoms with Gasteiger partial charge < -0.3 is 4.74 Å². The zero-order valence-electron chi connectivity index (χ0n) is 15.4. The Kier molecular flexibility index (Phi) is 3.98. The molecule has 28 heavy (non-hydrogen) atoms. The summed E-state index contributed by atoms with van der Waals surface area (Å²) in [4.78, 5) is 21.3. The van der Waals surface area contributed by atoms with Crippen LogP contribution < -0.4 is 5.69 Å². The quantitative estimate of drug-likeness (QED) is 0.501. The second-order valence-corrected chi connectivity index (χ2v) is 7.15. The summed E-state index contributed by atoms with van der Waals surface area (Å²) in [5.74, 6) is -0.509. The van der Waals surface area contributed by atoms with Crippen LogP contribution in [-0.2, 0) is 11.8 Å². The van der Waals surface area contributed by atoms with E-state index in [1.54, 1.807) is 23.9 Å². The lowest BCUT2D eigenvalue weighted by Gasteiger charge is -2.23. The third-order valence-electron chi connectivity index (χ3n) is 5.53. The van der Waals surface area contributed by atoms with Crippen molar-refractivity contribution >= 4 is 21.9 Å². The number of rotatable bonds is 2. The predicted octanol–water partition coefficient (Wildman–Crippen LogP) is 3.44. The Labute approximate surface area is 160 Å². The van der Waals surface area contributed by atoms with Gasteiger partial charge in [-0.2, -0.15) is 4.39 Å². The van der Waals surface area contributed by atoms with Gasteiger partial charge in [0.15, 0.2) is 0 Å². The molecule has 1 aromatic carbocycles. The molecule has 1 fully saturated rings. The molecule has 0 saturated carbocycles. The molecule has 1 saturated heterocycles. The Balaban J connectivity index is 1.79. The van der Waals surface area contributed by atoms with Crippen LogP contribution in [0.2, 0.25) is 0 Å². The third-order valence-corrected chi connectivity index (χ3v) is 5.53. The lowest BCUT2D eigenvalue weighted by Crippen LogP contribution is -2.29. The maximum absolute atomic E-state index is 13.2. The van der Waals surface area contributed by atoms with E-state index < -0.39 is 5.95 Å². The fraction of sp³-hybridized carbons (Fsp3) is 0.286. The zero-order chi connectivity index (χ0) is 19.3. The molecule has 0 bridgehead atoms. The van der Waals surface area contributed by atoms with Crippen LogP contribution in [0.5, 0.6) is 0 Å². The van der Waals surface area contributed by atoms with Crippen molar-refractivity contribution in [3.63, 3.8) is 0 Å². The number of hydrogen-bond acceptors (Lipinski definition) is 4. The van der Waals surface area contributed by atoms with Crippen LogP contribution in [0, 0.1) is 5.95 Å². The van der Waals surface area contributed by atoms with Crippen LogP contribution in [0.25, 0.3) is 33.1 Å². The second kappa shape index (κ2) is 6.53. The van der Waals surface area contributed by atoms with E-state index in [-0.39, 0.29) is 11.7 Å². The summed E-state index contributed by atoms with van der Waals surface area (Å²) in [6.45, 7) is 1.31. The van der Waals surface area contributed by atoms with Crippen molar-refractivity contribution in [1.29, 1.82) is 0 Å². The van der Waals surface area contributed by atoms with E-state index in [1.165, 1.54) is 12.3 Å². The van der Waals surface area contributed by atoms with Crippen molar-refractivity contribution in [2.45, 2.75) is 18.9 Å². The molecule has 0 aliphatic carbocycles. The number of pyridine rings is 2. The van der Waals surface area contributed by atoms with E-state index in [2.05, 4.69) is 9.97 Å². The summed E-state index contributed by atoms with van der Waals surface area (Å²) in [7, 11) is 1.78. The molecule has 0 amide bonds. The number of fused-ring (bicyclic) bond motifs is 3. The average molecular weight is 378 g/mol. The monoisotopic (exact) mass is 378 g/mol. The largest absolute Gasteiger partial charge is 0.381 e. The Morgan fingerprint density at radius 2 is 1.86 bits per heavy atom. The molecular weight excluding hydrogens is 359 g/mol. The van der Waals surface area contributed by atoms with E-state index in [1.807, 2.05) is 22.8 Å². The number of halogens is 1. The van der Waals surface area contributed by atoms with Gasteiger partial charge in [0.1, 0.15) is 0 Å². The van der Waals surface area contributed by atoms with Crippen molar-refractivity contribution < 1.29 is 9.13 Å². The van der Waals surface area contributed by atoms with E-state index >= 15 is 0 Å². The lowest BCUT2D eigenvalue weighted by molar-refractivity contribution is 0.0697. The summed E-state index contributed by atoms with van der Waals surface area (Å²) in [6.07, 6.45) is 4.89. The molecule has 3 aromatic heterocycles. The molecule has 0 spiro atoms. The smallest absolute Gasteiger partial charge is 0.329 e. The maximum atomic E-state index is 13.2. The highest BCUT2D eigenvalue weighted by Crippen LogP contribution is 2.31. The van der Waals surface area contributed by atoms with Crippen molar-refractivity contribution in [1.82, 2.24) is 19.1 Å². The number of hydrogen-bond donors (Lipinski definition) is 0. The first-order valence-corrected chi connectivity index (χ1v) is 9.33. The topological polar surface area (TPSA) is 61.9 Å². The molecule has 4 heterocycles. The molecular formula is C21H19FN4O2. The third kappa shape index (κ3) is 2.62. The van der Waals surface area contributed by atoms with Gasteiger partial charge in [-0.1, -0.05) is 6.07 Å². The first kappa shape index (κ1) is 17.1. The minimum absolute atomic E-state index is 0.0370. The van der Waals surface area contributed by atoms with Crippen molar-refractivity contribution in [2.24, 2.45) is 7.05 Å². The molecule has 0 radical (unpaired) electrons. The summed E-state index contributed by atoms with van der Waals surface area (Å²) in [5, 5.41) is 0.906. The number of nitrogens with zero attached hydrogens (tertiary/aromatic N) is 4. The van der Waals surface area contributed by atoms with E-state index in [0.717, 1.165) is 45.9 Å². The molecule has 0 unspecified atom stereocenters. The number of benzene rings is 1. The van der Waals surface area contributed by atoms with Crippen LogP contribution in [0.3, 0.4) is 0 Å². The molecule has 1 aliphatic rings. The van der Waals surface area contributed by atoms with Crippen LogP contribution in [-0.4, -0.2) is 32.3 Å². The summed E-state index contributed by atoms with van der Waals surface area (Å²) in [5.41, 5.74) is 4.20. The molecule has 6 nitrogen and oxygen atoms in total. The van der Waals surface area contributed by atoms with Crippen LogP contribution in [0.4, 0.5) is 4.39 Å². The Hall–Kier alpha value is -3.06. The Bertz CT molecular complexity index is 1240. The minimum atomic E-state index is -0.509. The number of aryl methyl sites for hydroxylation is 1. The molecule has 1 aliphatic heterocycles. The summed E-state index contributed by atoms with van der Waals surface area (Å²) in [6, 6.07) is 9.03. The molecule has 4 aromatic rings. The Morgan fingerprint density at radius 3 is 2.61 bits per heavy atom. The standard InChI is InChI=1S/C21H19FN4O2/c1-25-18-12-23-17-4-2-13(14-3-5-19(22)24-11-14)10-16(17)20(18)26(21(25)27)15-6-8-28-9-7-15/h2-5,10-12,15H,6-9H2,1H3. The van der Waals surface area contributed by atoms with Crippen molar-refractivity contribution in [2.75, 3.05) is 13.2 Å². The van der Waals surface area contributed by atoms with E-state index in [4.69, 9.17) is 4.74 Å². The molecule has 0 atom stereocenters. The molecule has 5 rings (SSSR count). The van der Waals surface area contributed by atoms with Crippen LogP contribution in [0.1, 0.15) is 18.9 Å². The van der Waals surface area contributed by atoms with E-state index in [0.29, 0.717) is 13.2 Å². The first-order valence-electron chi connectivity index (χ1n) is 9.33. The molecule has 142 valence electrons. The van der Waals surface area contributed by atoms with Crippen LogP contribution >= 0.6 is 0 Å². The highest BCUT2D eigenvalue weighted by molar-refractivity contribution is 6.04. The first-order chi connectivity index (χ1) is 13.6. The van der Waals surface area contributed by atoms with Gasteiger partial charge in [-0.05, 0) is 42.7 Å². The fourth-order valence-electron chi connectivity index (χ4n) is 4.04. The fourth-order valence-corrected chi connectivity index (χ4v) is 4.04. The lowest BCUT2D eigenvalue weighted by atomic mass is 10.0. The number of aromatic nitrogens is 4. The van der Waals surface area contributed by atoms with E-state index in [9.17, 15) is 9.18 Å².